The summed E-state index contributed by atoms with van der Waals surface area (Å²) >= 11 is 0. The van der Waals surface area contributed by atoms with Gasteiger partial charge in [0.1, 0.15) is 6.10 Å². The van der Waals surface area contributed by atoms with Gasteiger partial charge in [-0.15, -0.1) is 0 Å². The van der Waals surface area contributed by atoms with Gasteiger partial charge in [0, 0.05) is 6.54 Å². The Balaban J connectivity index is 1.33. The minimum absolute atomic E-state index is 0.603. The summed E-state index contributed by atoms with van der Waals surface area (Å²) in [7, 11) is 0. The van der Waals surface area contributed by atoms with Crippen molar-refractivity contribution in [2.45, 2.75) is 25.5 Å². The van der Waals surface area contributed by atoms with Crippen molar-refractivity contribution in [3.63, 3.8) is 0 Å². The highest BCUT2D eigenvalue weighted by Crippen LogP contribution is 2.30. The van der Waals surface area contributed by atoms with Crippen LogP contribution in [0.15, 0.2) is 77.3 Å². The highest BCUT2D eigenvalue weighted by molar-refractivity contribution is 6.01. The lowest BCUT2D eigenvalue weighted by molar-refractivity contribution is 0.191. The fraction of sp³-hybridized carbons (Fsp3) is 0.348. The quantitative estimate of drug-likeness (QED) is 0.888. The number of benzene rings is 2. The van der Waals surface area contributed by atoms with Crippen LogP contribution in [0.1, 0.15) is 30.1 Å². The summed E-state index contributed by atoms with van der Waals surface area (Å²) in [6.45, 7) is 4.06. The Morgan fingerprint density at radius 2 is 1.62 bits per heavy atom. The molecule has 0 saturated carbocycles. The van der Waals surface area contributed by atoms with E-state index in [1.165, 1.54) is 24.0 Å². The third kappa shape index (κ3) is 3.95. The maximum Gasteiger partial charge on any atom is 0.121 e. The Hall–Kier alpha value is -2.23. The van der Waals surface area contributed by atoms with Gasteiger partial charge in [-0.2, -0.15) is 0 Å². The minimum atomic E-state index is -0.605. The first-order valence-electron chi connectivity index (χ1n) is 9.54. The SMILES string of the molecule is OC(C1=NCC(C2CCN(Cc3ccccc3)CC2)=C1)c1ccccc1. The summed E-state index contributed by atoms with van der Waals surface area (Å²) in [6.07, 6.45) is 3.91. The van der Waals surface area contributed by atoms with Crippen LogP contribution in [0.2, 0.25) is 0 Å². The third-order valence-corrected chi connectivity index (χ3v) is 5.53. The molecule has 3 nitrogen and oxygen atoms in total. The predicted octanol–water partition coefficient (Wildman–Crippen LogP) is 4.01. The van der Waals surface area contributed by atoms with E-state index in [0.29, 0.717) is 5.92 Å². The molecule has 0 spiro atoms. The van der Waals surface area contributed by atoms with E-state index in [1.807, 2.05) is 30.3 Å². The van der Waals surface area contributed by atoms with Crippen molar-refractivity contribution in [2.24, 2.45) is 10.9 Å². The molecule has 2 aromatic rings. The molecule has 3 heteroatoms. The van der Waals surface area contributed by atoms with E-state index < -0.39 is 6.10 Å². The molecule has 0 bridgehead atoms. The number of nitrogens with zero attached hydrogens (tertiary/aromatic N) is 2. The first-order chi connectivity index (χ1) is 12.8. The Kier molecular flexibility index (Phi) is 5.28. The van der Waals surface area contributed by atoms with Gasteiger partial charge in [-0.05, 0) is 54.6 Å². The fourth-order valence-corrected chi connectivity index (χ4v) is 3.99. The maximum absolute atomic E-state index is 10.6. The molecule has 1 unspecified atom stereocenters. The van der Waals surface area contributed by atoms with Crippen molar-refractivity contribution >= 4 is 5.71 Å². The number of aliphatic imine (C=N–C) groups is 1. The van der Waals surface area contributed by atoms with Gasteiger partial charge in [0.25, 0.3) is 0 Å². The smallest absolute Gasteiger partial charge is 0.121 e. The monoisotopic (exact) mass is 346 g/mol. The summed E-state index contributed by atoms with van der Waals surface area (Å²) in [4.78, 5) is 7.16. The predicted molar refractivity (Wildman–Crippen MR) is 106 cm³/mol. The molecule has 0 amide bonds. The second kappa shape index (κ2) is 7.98. The van der Waals surface area contributed by atoms with E-state index in [9.17, 15) is 5.11 Å². The summed E-state index contributed by atoms with van der Waals surface area (Å²) < 4.78 is 0. The molecule has 1 N–H and O–H groups in total. The summed E-state index contributed by atoms with van der Waals surface area (Å²) in [5.41, 5.74) is 4.52. The van der Waals surface area contributed by atoms with Gasteiger partial charge >= 0.3 is 0 Å². The summed E-state index contributed by atoms with van der Waals surface area (Å²) in [5, 5.41) is 10.6. The zero-order valence-corrected chi connectivity index (χ0v) is 15.1. The summed E-state index contributed by atoms with van der Waals surface area (Å²) in [6, 6.07) is 20.5. The lowest BCUT2D eigenvalue weighted by atomic mass is 9.88. The van der Waals surface area contributed by atoms with Gasteiger partial charge in [0.05, 0.1) is 12.3 Å². The van der Waals surface area contributed by atoms with Crippen LogP contribution in [-0.4, -0.2) is 35.4 Å². The second-order valence-electron chi connectivity index (χ2n) is 7.31. The minimum Gasteiger partial charge on any atom is -0.382 e. The molecule has 2 aliphatic heterocycles. The van der Waals surface area contributed by atoms with Crippen LogP contribution >= 0.6 is 0 Å². The average molecular weight is 346 g/mol. The van der Waals surface area contributed by atoms with Gasteiger partial charge in [0.15, 0.2) is 0 Å². The maximum atomic E-state index is 10.6. The molecule has 1 fully saturated rings. The van der Waals surface area contributed by atoms with Gasteiger partial charge in [-0.3, -0.25) is 9.89 Å². The molecule has 2 aromatic carbocycles. The van der Waals surface area contributed by atoms with Crippen molar-refractivity contribution in [3.8, 4) is 0 Å². The summed E-state index contributed by atoms with van der Waals surface area (Å²) in [5.74, 6) is 0.603. The van der Waals surface area contributed by atoms with Crippen LogP contribution in [0.5, 0.6) is 0 Å². The van der Waals surface area contributed by atoms with E-state index in [0.717, 1.165) is 37.5 Å². The van der Waals surface area contributed by atoms with Crippen molar-refractivity contribution in [1.29, 1.82) is 0 Å². The van der Waals surface area contributed by atoms with Crippen LogP contribution in [0.4, 0.5) is 0 Å². The van der Waals surface area contributed by atoms with Crippen LogP contribution in [0.25, 0.3) is 0 Å². The number of aliphatic hydroxyl groups excluding tert-OH is 1. The molecule has 0 aliphatic carbocycles. The van der Waals surface area contributed by atoms with Crippen LogP contribution in [-0.2, 0) is 6.54 Å². The van der Waals surface area contributed by atoms with Crippen molar-refractivity contribution in [3.05, 3.63) is 83.4 Å². The number of likely N-dealkylation sites (tertiary alicyclic amines) is 1. The normalized spacial score (nSPS) is 19.9. The molecule has 0 aromatic heterocycles. The molecule has 26 heavy (non-hydrogen) atoms. The molecule has 1 saturated heterocycles. The Labute approximate surface area is 155 Å². The highest BCUT2D eigenvalue weighted by Gasteiger charge is 2.26. The van der Waals surface area contributed by atoms with Gasteiger partial charge in [-0.25, -0.2) is 0 Å². The van der Waals surface area contributed by atoms with Crippen LogP contribution in [0.3, 0.4) is 0 Å². The zero-order chi connectivity index (χ0) is 17.8. The van der Waals surface area contributed by atoms with Crippen LogP contribution in [0, 0.1) is 5.92 Å². The molecule has 0 radical (unpaired) electrons. The molecular formula is C23H26N2O. The van der Waals surface area contributed by atoms with E-state index in [4.69, 9.17) is 0 Å². The number of piperidine rings is 1. The van der Waals surface area contributed by atoms with Crippen molar-refractivity contribution in [2.75, 3.05) is 19.6 Å². The van der Waals surface area contributed by atoms with Gasteiger partial charge in [-0.1, -0.05) is 60.7 Å². The molecule has 134 valence electrons. The van der Waals surface area contributed by atoms with E-state index >= 15 is 0 Å². The fourth-order valence-electron chi connectivity index (χ4n) is 3.99. The van der Waals surface area contributed by atoms with Crippen molar-refractivity contribution < 1.29 is 5.11 Å². The average Bonchev–Trinajstić information content (AvgIpc) is 3.20. The largest absolute Gasteiger partial charge is 0.382 e. The molecule has 4 rings (SSSR count). The number of rotatable bonds is 5. The number of hydrogen-bond acceptors (Lipinski definition) is 3. The number of aliphatic hydroxyl groups is 1. The molecule has 2 aliphatic rings. The van der Waals surface area contributed by atoms with E-state index in [1.54, 1.807) is 0 Å². The standard InChI is InChI=1S/C23H26N2O/c26-23(20-9-5-2-6-10-20)22-15-21(16-24-22)19-11-13-25(14-12-19)17-18-7-3-1-4-8-18/h1-10,15,19,23,26H,11-14,16-17H2. The van der Waals surface area contributed by atoms with Crippen molar-refractivity contribution in [1.82, 2.24) is 4.90 Å². The first kappa shape index (κ1) is 17.2. The molecule has 1 atom stereocenters. The third-order valence-electron chi connectivity index (χ3n) is 5.53. The molecule has 2 heterocycles. The lowest BCUT2D eigenvalue weighted by Gasteiger charge is -2.32. The van der Waals surface area contributed by atoms with Gasteiger partial charge < -0.3 is 5.11 Å². The van der Waals surface area contributed by atoms with Crippen LogP contribution < -0.4 is 0 Å². The Bertz CT molecular complexity index is 774. The Morgan fingerprint density at radius 1 is 0.962 bits per heavy atom. The van der Waals surface area contributed by atoms with Gasteiger partial charge in [0.2, 0.25) is 0 Å². The topological polar surface area (TPSA) is 35.8 Å². The van der Waals surface area contributed by atoms with E-state index in [2.05, 4.69) is 46.3 Å². The Morgan fingerprint density at radius 3 is 2.31 bits per heavy atom. The first-order valence-corrected chi connectivity index (χ1v) is 9.54. The zero-order valence-electron chi connectivity index (χ0n) is 15.1. The second-order valence-corrected chi connectivity index (χ2v) is 7.31. The molecular weight excluding hydrogens is 320 g/mol. The lowest BCUT2D eigenvalue weighted by Crippen LogP contribution is -2.34. The number of hydrogen-bond donors (Lipinski definition) is 1. The van der Waals surface area contributed by atoms with E-state index in [-0.39, 0.29) is 0 Å². The highest BCUT2D eigenvalue weighted by atomic mass is 16.3.